The molecule has 2 aromatic carbocycles. The third kappa shape index (κ3) is 5.25. The van der Waals surface area contributed by atoms with Crippen molar-refractivity contribution in [1.29, 1.82) is 0 Å². The monoisotopic (exact) mass is 563 g/mol. The molecule has 1 aliphatic rings. The van der Waals surface area contributed by atoms with Crippen LogP contribution >= 0.6 is 11.6 Å². The molecule has 210 valence electrons. The number of hydrogen-bond acceptors (Lipinski definition) is 5. The van der Waals surface area contributed by atoms with E-state index in [2.05, 4.69) is 37.5 Å². The highest BCUT2D eigenvalue weighted by molar-refractivity contribution is 6.32. The summed E-state index contributed by atoms with van der Waals surface area (Å²) in [6, 6.07) is 9.68. The van der Waals surface area contributed by atoms with Gasteiger partial charge in [0.05, 0.1) is 22.1 Å². The van der Waals surface area contributed by atoms with Gasteiger partial charge in [-0.15, -0.1) is 0 Å². The Balaban J connectivity index is 1.51. The molecule has 0 amide bonds. The highest BCUT2D eigenvalue weighted by Crippen LogP contribution is 2.41. The maximum atomic E-state index is 15.0. The predicted octanol–water partition coefficient (Wildman–Crippen LogP) is 5.89. The molecule has 5 rings (SSSR count). The van der Waals surface area contributed by atoms with Crippen molar-refractivity contribution in [2.24, 2.45) is 7.05 Å². The smallest absolute Gasteiger partial charge is 0.332 e. The fraction of sp³-hybridized carbons (Fsp3) is 0.355. The third-order valence-corrected chi connectivity index (χ3v) is 8.01. The van der Waals surface area contributed by atoms with E-state index in [4.69, 9.17) is 16.6 Å². The number of benzene rings is 2. The van der Waals surface area contributed by atoms with E-state index in [-0.39, 0.29) is 17.0 Å². The Morgan fingerprint density at radius 1 is 0.975 bits per heavy atom. The van der Waals surface area contributed by atoms with Gasteiger partial charge in [0.2, 0.25) is 0 Å². The number of aromatic nitrogens is 3. The molecule has 0 saturated carbocycles. The van der Waals surface area contributed by atoms with Crippen molar-refractivity contribution in [3.8, 4) is 33.7 Å². The Morgan fingerprint density at radius 2 is 1.65 bits per heavy atom. The minimum Gasteiger partial charge on any atom is -0.507 e. The summed E-state index contributed by atoms with van der Waals surface area (Å²) in [5, 5.41) is 11.7. The fourth-order valence-corrected chi connectivity index (χ4v) is 5.62. The zero-order valence-corrected chi connectivity index (χ0v) is 24.3. The maximum absolute atomic E-state index is 15.0. The zero-order chi connectivity index (χ0) is 28.8. The summed E-state index contributed by atoms with van der Waals surface area (Å²) < 4.78 is 17.9. The molecule has 0 spiro atoms. The Bertz CT molecular complexity index is 1610. The van der Waals surface area contributed by atoms with Crippen LogP contribution in [0.5, 0.6) is 5.75 Å². The molecule has 2 aromatic heterocycles. The Hall–Kier alpha value is -3.62. The minimum absolute atomic E-state index is 0.0587. The molecule has 1 fully saturated rings. The molecule has 40 heavy (non-hydrogen) atoms. The lowest BCUT2D eigenvalue weighted by Gasteiger charge is -2.43. The molecule has 7 nitrogen and oxygen atoms in total. The van der Waals surface area contributed by atoms with Crippen LogP contribution < -0.4 is 10.6 Å². The number of anilines is 1. The van der Waals surface area contributed by atoms with E-state index in [1.165, 1.54) is 21.3 Å². The van der Waals surface area contributed by atoms with Crippen molar-refractivity contribution in [3.05, 3.63) is 82.0 Å². The van der Waals surface area contributed by atoms with Crippen molar-refractivity contribution in [1.82, 2.24) is 19.0 Å². The van der Waals surface area contributed by atoms with E-state index < -0.39 is 5.82 Å². The molecule has 1 saturated heterocycles. The summed E-state index contributed by atoms with van der Waals surface area (Å²) in [5.41, 5.74) is 4.22. The molecular weight excluding hydrogens is 529 g/mol. The maximum Gasteiger partial charge on any atom is 0.332 e. The highest BCUT2D eigenvalue weighted by atomic mass is 35.5. The molecule has 0 atom stereocenters. The number of pyridine rings is 1. The van der Waals surface area contributed by atoms with Crippen molar-refractivity contribution in [2.75, 3.05) is 31.1 Å². The standard InChI is InChI=1S/C31H35ClFN5O2/c1-6-26-28(36-10-12-37(13-11-36)31(2,3)4)16-21(19-34-26)24-18-22(33)17-23(29(24)39)20-7-8-27(25(32)15-20)38-14-9-35(5)30(38)40/h7-9,14-19,39H,6,10-13H2,1-5H3. The SMILES string of the molecule is CCc1ncc(-c2cc(F)cc(-c3ccc(-n4ccn(C)c4=O)c(Cl)c3)c2O)cc1N1CCN(C(C)(C)C)CC1. The molecule has 0 unspecified atom stereocenters. The third-order valence-electron chi connectivity index (χ3n) is 7.70. The summed E-state index contributed by atoms with van der Waals surface area (Å²) in [4.78, 5) is 21.9. The van der Waals surface area contributed by atoms with Gasteiger partial charge in [0.15, 0.2) is 0 Å². The first-order valence-electron chi connectivity index (χ1n) is 13.5. The van der Waals surface area contributed by atoms with Crippen LogP contribution in [0.3, 0.4) is 0 Å². The number of piperazine rings is 1. The topological polar surface area (TPSA) is 66.5 Å². The van der Waals surface area contributed by atoms with Crippen LogP contribution in [0.15, 0.2) is 59.8 Å². The first-order valence-corrected chi connectivity index (χ1v) is 13.9. The van der Waals surface area contributed by atoms with E-state index in [1.54, 1.807) is 43.8 Å². The van der Waals surface area contributed by atoms with Crippen LogP contribution in [0.1, 0.15) is 33.4 Å². The van der Waals surface area contributed by atoms with Gasteiger partial charge in [0.25, 0.3) is 0 Å². The van der Waals surface area contributed by atoms with Gasteiger partial charge >= 0.3 is 5.69 Å². The van der Waals surface area contributed by atoms with E-state index in [0.29, 0.717) is 33.0 Å². The van der Waals surface area contributed by atoms with E-state index in [9.17, 15) is 9.90 Å². The van der Waals surface area contributed by atoms with Crippen molar-refractivity contribution >= 4 is 17.3 Å². The molecule has 3 heterocycles. The lowest BCUT2D eigenvalue weighted by molar-refractivity contribution is 0.128. The predicted molar refractivity (Wildman–Crippen MR) is 159 cm³/mol. The second-order valence-electron chi connectivity index (χ2n) is 11.3. The number of aromatic hydroxyl groups is 1. The number of phenolic OH excluding ortho intramolecular Hbond substituents is 1. The number of nitrogens with zero attached hydrogens (tertiary/aromatic N) is 5. The number of imidazole rings is 1. The number of phenols is 1. The van der Waals surface area contributed by atoms with Gasteiger partial charge in [0, 0.05) is 74.0 Å². The Kier molecular flexibility index (Phi) is 7.50. The van der Waals surface area contributed by atoms with Crippen LogP contribution in [0, 0.1) is 5.82 Å². The first kappa shape index (κ1) is 27.9. The van der Waals surface area contributed by atoms with E-state index in [0.717, 1.165) is 44.0 Å². The van der Waals surface area contributed by atoms with Crippen LogP contribution in [0.2, 0.25) is 5.02 Å². The van der Waals surface area contributed by atoms with Gasteiger partial charge in [0.1, 0.15) is 11.6 Å². The van der Waals surface area contributed by atoms with Gasteiger partial charge in [-0.1, -0.05) is 24.6 Å². The normalized spacial score (nSPS) is 14.6. The summed E-state index contributed by atoms with van der Waals surface area (Å²) in [6.45, 7) is 12.4. The zero-order valence-electron chi connectivity index (χ0n) is 23.6. The molecule has 1 aliphatic heterocycles. The highest BCUT2D eigenvalue weighted by Gasteiger charge is 2.27. The fourth-order valence-electron chi connectivity index (χ4n) is 5.35. The van der Waals surface area contributed by atoms with Gasteiger partial charge in [-0.05, 0) is 63.1 Å². The van der Waals surface area contributed by atoms with Crippen LogP contribution in [0.4, 0.5) is 10.1 Å². The summed E-state index contributed by atoms with van der Waals surface area (Å²) in [7, 11) is 1.66. The average molecular weight is 564 g/mol. The first-order chi connectivity index (χ1) is 19.0. The number of hydrogen-bond donors (Lipinski definition) is 1. The number of halogens is 2. The molecule has 0 radical (unpaired) electrons. The quantitative estimate of drug-likeness (QED) is 0.328. The molecule has 9 heteroatoms. The van der Waals surface area contributed by atoms with Crippen molar-refractivity contribution in [2.45, 2.75) is 39.7 Å². The van der Waals surface area contributed by atoms with Gasteiger partial charge in [-0.25, -0.2) is 9.18 Å². The van der Waals surface area contributed by atoms with Crippen molar-refractivity contribution < 1.29 is 9.50 Å². The lowest BCUT2D eigenvalue weighted by atomic mass is 9.96. The molecule has 0 bridgehead atoms. The van der Waals surface area contributed by atoms with Crippen LogP contribution in [-0.4, -0.2) is 55.8 Å². The van der Waals surface area contributed by atoms with Crippen LogP contribution in [0.25, 0.3) is 27.9 Å². The molecule has 1 N–H and O–H groups in total. The minimum atomic E-state index is -0.484. The van der Waals surface area contributed by atoms with Crippen LogP contribution in [-0.2, 0) is 13.5 Å². The Labute approximate surface area is 239 Å². The summed E-state index contributed by atoms with van der Waals surface area (Å²) in [6.07, 6.45) is 5.75. The van der Waals surface area contributed by atoms with Gasteiger partial charge in [-0.3, -0.25) is 14.5 Å². The number of aryl methyl sites for hydroxylation is 2. The average Bonchev–Trinajstić information content (AvgIpc) is 3.26. The summed E-state index contributed by atoms with van der Waals surface area (Å²) >= 11 is 6.56. The number of rotatable bonds is 5. The molecule has 0 aliphatic carbocycles. The van der Waals surface area contributed by atoms with E-state index in [1.807, 2.05) is 6.07 Å². The van der Waals surface area contributed by atoms with Gasteiger partial charge in [-0.2, -0.15) is 0 Å². The van der Waals surface area contributed by atoms with Gasteiger partial charge < -0.3 is 14.6 Å². The van der Waals surface area contributed by atoms with Crippen molar-refractivity contribution in [3.63, 3.8) is 0 Å². The largest absolute Gasteiger partial charge is 0.507 e. The second-order valence-corrected chi connectivity index (χ2v) is 11.7. The van der Waals surface area contributed by atoms with E-state index >= 15 is 4.39 Å². The summed E-state index contributed by atoms with van der Waals surface area (Å²) in [5.74, 6) is -0.543. The lowest BCUT2D eigenvalue weighted by Crippen LogP contribution is -2.53. The molecule has 4 aromatic rings. The Morgan fingerprint density at radius 3 is 2.23 bits per heavy atom. The second kappa shape index (κ2) is 10.7. The molecular formula is C31H35ClFN5O2.